The SMILES string of the molecule is CCCC=CCC(C(=O)O)c1ccccc1. The number of carboxylic acids is 1. The molecule has 0 aliphatic rings. The zero-order valence-electron chi connectivity index (χ0n) is 9.60. The van der Waals surface area contributed by atoms with Crippen molar-refractivity contribution in [1.29, 1.82) is 0 Å². The highest BCUT2D eigenvalue weighted by Crippen LogP contribution is 2.20. The van der Waals surface area contributed by atoms with Crippen molar-refractivity contribution in [2.45, 2.75) is 32.1 Å². The lowest BCUT2D eigenvalue weighted by Gasteiger charge is -2.09. The molecule has 2 heteroatoms. The summed E-state index contributed by atoms with van der Waals surface area (Å²) in [6.07, 6.45) is 6.70. The number of benzene rings is 1. The Morgan fingerprint density at radius 1 is 1.31 bits per heavy atom. The quantitative estimate of drug-likeness (QED) is 0.741. The first kappa shape index (κ1) is 12.5. The van der Waals surface area contributed by atoms with Crippen molar-refractivity contribution < 1.29 is 9.90 Å². The maximum absolute atomic E-state index is 11.1. The Labute approximate surface area is 96.6 Å². The van der Waals surface area contributed by atoms with Crippen molar-refractivity contribution in [2.24, 2.45) is 0 Å². The fraction of sp³-hybridized carbons (Fsp3) is 0.357. The monoisotopic (exact) mass is 218 g/mol. The summed E-state index contributed by atoms with van der Waals surface area (Å²) in [5, 5.41) is 9.15. The van der Waals surface area contributed by atoms with Crippen LogP contribution in [0.3, 0.4) is 0 Å². The van der Waals surface area contributed by atoms with Crippen molar-refractivity contribution in [3.63, 3.8) is 0 Å². The van der Waals surface area contributed by atoms with Gasteiger partial charge in [0.2, 0.25) is 0 Å². The zero-order chi connectivity index (χ0) is 11.8. The topological polar surface area (TPSA) is 37.3 Å². The molecule has 0 saturated carbocycles. The van der Waals surface area contributed by atoms with E-state index in [0.29, 0.717) is 6.42 Å². The molecule has 1 aromatic rings. The first-order valence-electron chi connectivity index (χ1n) is 5.68. The third kappa shape index (κ3) is 3.89. The number of allylic oxidation sites excluding steroid dienone is 2. The minimum absolute atomic E-state index is 0.422. The van der Waals surface area contributed by atoms with Crippen LogP contribution in [-0.2, 0) is 4.79 Å². The molecule has 1 aromatic carbocycles. The smallest absolute Gasteiger partial charge is 0.311 e. The van der Waals surface area contributed by atoms with E-state index >= 15 is 0 Å². The van der Waals surface area contributed by atoms with Crippen LogP contribution in [0.25, 0.3) is 0 Å². The third-order valence-corrected chi connectivity index (χ3v) is 2.49. The summed E-state index contributed by atoms with van der Waals surface area (Å²) in [6.45, 7) is 2.11. The summed E-state index contributed by atoms with van der Waals surface area (Å²) in [5.41, 5.74) is 0.871. The standard InChI is InChI=1S/C14H18O2/c1-2-3-4-8-11-13(14(15)16)12-9-6-5-7-10-12/h4-10,13H,2-3,11H2,1H3,(H,15,16). The molecule has 0 spiro atoms. The Morgan fingerprint density at radius 2 is 2.00 bits per heavy atom. The van der Waals surface area contributed by atoms with Crippen LogP contribution in [0.4, 0.5) is 0 Å². The number of rotatable bonds is 6. The van der Waals surface area contributed by atoms with Gasteiger partial charge >= 0.3 is 5.97 Å². The largest absolute Gasteiger partial charge is 0.481 e. The number of carbonyl (C=O) groups is 1. The Morgan fingerprint density at radius 3 is 2.56 bits per heavy atom. The summed E-state index contributed by atoms with van der Waals surface area (Å²) in [4.78, 5) is 11.1. The molecule has 2 nitrogen and oxygen atoms in total. The molecule has 1 rings (SSSR count). The van der Waals surface area contributed by atoms with Crippen LogP contribution in [-0.4, -0.2) is 11.1 Å². The van der Waals surface area contributed by atoms with Crippen molar-refractivity contribution in [3.8, 4) is 0 Å². The van der Waals surface area contributed by atoms with Crippen LogP contribution in [0.2, 0.25) is 0 Å². The predicted molar refractivity (Wildman–Crippen MR) is 65.5 cm³/mol. The Balaban J connectivity index is 2.66. The molecule has 1 N–H and O–H groups in total. The second-order valence-corrected chi connectivity index (χ2v) is 3.80. The molecule has 0 bridgehead atoms. The van der Waals surface area contributed by atoms with Crippen LogP contribution in [0, 0.1) is 0 Å². The fourth-order valence-electron chi connectivity index (χ4n) is 1.58. The Hall–Kier alpha value is -1.57. The Bertz CT molecular complexity index is 341. The first-order chi connectivity index (χ1) is 7.75. The van der Waals surface area contributed by atoms with Crippen molar-refractivity contribution >= 4 is 5.97 Å². The number of hydrogen-bond donors (Lipinski definition) is 1. The lowest BCUT2D eigenvalue weighted by molar-refractivity contribution is -0.138. The molecule has 1 atom stereocenters. The summed E-state index contributed by atoms with van der Waals surface area (Å²) >= 11 is 0. The molecule has 0 aliphatic heterocycles. The van der Waals surface area contributed by atoms with Gasteiger partial charge in [0.05, 0.1) is 5.92 Å². The van der Waals surface area contributed by atoms with Crippen LogP contribution >= 0.6 is 0 Å². The minimum atomic E-state index is -0.757. The second kappa shape index (κ2) is 6.83. The van der Waals surface area contributed by atoms with E-state index in [1.165, 1.54) is 0 Å². The average molecular weight is 218 g/mol. The van der Waals surface area contributed by atoms with Gasteiger partial charge in [-0.2, -0.15) is 0 Å². The predicted octanol–water partition coefficient (Wildman–Crippen LogP) is 3.60. The summed E-state index contributed by atoms with van der Waals surface area (Å²) in [7, 11) is 0. The lowest BCUT2D eigenvalue weighted by atomic mass is 9.95. The number of aliphatic carboxylic acids is 1. The second-order valence-electron chi connectivity index (χ2n) is 3.80. The van der Waals surface area contributed by atoms with E-state index in [4.69, 9.17) is 5.11 Å². The van der Waals surface area contributed by atoms with Crippen LogP contribution in [0.5, 0.6) is 0 Å². The molecule has 0 fully saturated rings. The Kier molecular flexibility index (Phi) is 5.34. The van der Waals surface area contributed by atoms with Crippen LogP contribution in [0.15, 0.2) is 42.5 Å². The molecule has 0 aromatic heterocycles. The van der Waals surface area contributed by atoms with Crippen molar-refractivity contribution in [3.05, 3.63) is 48.0 Å². The van der Waals surface area contributed by atoms with Gasteiger partial charge in [0.1, 0.15) is 0 Å². The molecule has 0 aliphatic carbocycles. The van der Waals surface area contributed by atoms with Gasteiger partial charge < -0.3 is 5.11 Å². The van der Waals surface area contributed by atoms with Crippen molar-refractivity contribution in [2.75, 3.05) is 0 Å². The van der Waals surface area contributed by atoms with Gasteiger partial charge in [-0.15, -0.1) is 0 Å². The van der Waals surface area contributed by atoms with Gasteiger partial charge in [0, 0.05) is 0 Å². The van der Waals surface area contributed by atoms with Gasteiger partial charge in [0.25, 0.3) is 0 Å². The van der Waals surface area contributed by atoms with E-state index in [1.807, 2.05) is 36.4 Å². The van der Waals surface area contributed by atoms with E-state index in [-0.39, 0.29) is 0 Å². The van der Waals surface area contributed by atoms with E-state index in [2.05, 4.69) is 13.0 Å². The molecule has 86 valence electrons. The highest BCUT2D eigenvalue weighted by Gasteiger charge is 2.17. The summed E-state index contributed by atoms with van der Waals surface area (Å²) in [6, 6.07) is 9.39. The van der Waals surface area contributed by atoms with Crippen LogP contribution < -0.4 is 0 Å². The van der Waals surface area contributed by atoms with Gasteiger partial charge in [-0.1, -0.05) is 55.8 Å². The fourth-order valence-corrected chi connectivity index (χ4v) is 1.58. The van der Waals surface area contributed by atoms with Gasteiger partial charge in [-0.05, 0) is 18.4 Å². The number of unbranched alkanes of at least 4 members (excludes halogenated alkanes) is 1. The third-order valence-electron chi connectivity index (χ3n) is 2.49. The minimum Gasteiger partial charge on any atom is -0.481 e. The maximum Gasteiger partial charge on any atom is 0.311 e. The highest BCUT2D eigenvalue weighted by molar-refractivity contribution is 5.76. The molecule has 16 heavy (non-hydrogen) atoms. The summed E-state index contributed by atoms with van der Waals surface area (Å²) in [5.74, 6) is -1.18. The van der Waals surface area contributed by atoms with E-state index in [9.17, 15) is 4.79 Å². The molecule has 0 saturated heterocycles. The molecule has 1 unspecified atom stereocenters. The normalized spacial score (nSPS) is 12.8. The highest BCUT2D eigenvalue weighted by atomic mass is 16.4. The lowest BCUT2D eigenvalue weighted by Crippen LogP contribution is -2.10. The molecule has 0 amide bonds. The molecule has 0 heterocycles. The first-order valence-corrected chi connectivity index (χ1v) is 5.68. The van der Waals surface area contributed by atoms with E-state index in [1.54, 1.807) is 0 Å². The maximum atomic E-state index is 11.1. The van der Waals surface area contributed by atoms with Gasteiger partial charge in [0.15, 0.2) is 0 Å². The van der Waals surface area contributed by atoms with Gasteiger partial charge in [-0.25, -0.2) is 0 Å². The van der Waals surface area contributed by atoms with Gasteiger partial charge in [-0.3, -0.25) is 4.79 Å². The average Bonchev–Trinajstić information content (AvgIpc) is 2.30. The molecule has 0 radical (unpaired) electrons. The van der Waals surface area contributed by atoms with Crippen molar-refractivity contribution in [1.82, 2.24) is 0 Å². The zero-order valence-corrected chi connectivity index (χ0v) is 9.60. The number of hydrogen-bond acceptors (Lipinski definition) is 1. The van der Waals surface area contributed by atoms with Crippen LogP contribution in [0.1, 0.15) is 37.7 Å². The van der Waals surface area contributed by atoms with E-state index < -0.39 is 11.9 Å². The summed E-state index contributed by atoms with van der Waals surface area (Å²) < 4.78 is 0. The van der Waals surface area contributed by atoms with E-state index in [0.717, 1.165) is 18.4 Å². The molecular weight excluding hydrogens is 200 g/mol. The number of carboxylic acid groups (broad SMARTS) is 1. The molecular formula is C14H18O2.